The van der Waals surface area contributed by atoms with Crippen molar-refractivity contribution in [3.8, 4) is 11.5 Å². The van der Waals surface area contributed by atoms with Crippen LogP contribution in [0.3, 0.4) is 0 Å². The zero-order valence-electron chi connectivity index (χ0n) is 14.0. The summed E-state index contributed by atoms with van der Waals surface area (Å²) in [5.74, 6) is 0.597. The first-order valence-corrected chi connectivity index (χ1v) is 7.82. The molecule has 1 heterocycles. The molecular weight excluding hydrogens is 334 g/mol. The Kier molecular flexibility index (Phi) is 5.66. The van der Waals surface area contributed by atoms with Crippen LogP contribution in [-0.4, -0.2) is 41.3 Å². The van der Waals surface area contributed by atoms with E-state index in [0.29, 0.717) is 34.6 Å². The van der Waals surface area contributed by atoms with Crippen molar-refractivity contribution < 1.29 is 19.4 Å². The van der Waals surface area contributed by atoms with E-state index in [1.807, 2.05) is 13.8 Å². The number of carboxylic acids is 1. The monoisotopic (exact) mass is 353 g/mol. The number of benzene rings is 1. The van der Waals surface area contributed by atoms with Crippen molar-refractivity contribution in [2.24, 2.45) is 5.92 Å². The third kappa shape index (κ3) is 3.97. The molecule has 0 aliphatic carbocycles. The average Bonchev–Trinajstić information content (AvgIpc) is 2.52. The minimum Gasteiger partial charge on any atom is -0.493 e. The van der Waals surface area contributed by atoms with E-state index in [1.54, 1.807) is 12.1 Å². The van der Waals surface area contributed by atoms with Crippen molar-refractivity contribution >= 4 is 34.3 Å². The molecule has 0 spiro atoms. The molecule has 130 valence electrons. The lowest BCUT2D eigenvalue weighted by atomic mass is 10.0. The van der Waals surface area contributed by atoms with Crippen molar-refractivity contribution in [2.45, 2.75) is 26.3 Å². The Balaban J connectivity index is 2.54. The van der Waals surface area contributed by atoms with Crippen LogP contribution in [0.15, 0.2) is 12.1 Å². The number of ether oxygens (including phenoxy) is 2. The molecule has 2 N–H and O–H groups in total. The van der Waals surface area contributed by atoms with Crippen LogP contribution in [0.25, 0.3) is 10.9 Å². The number of nitrogens with one attached hydrogen (secondary N) is 1. The number of aromatic nitrogens is 2. The van der Waals surface area contributed by atoms with E-state index in [-0.39, 0.29) is 11.2 Å². The maximum atomic E-state index is 11.5. The van der Waals surface area contributed by atoms with Gasteiger partial charge in [0.15, 0.2) is 11.5 Å². The fourth-order valence-electron chi connectivity index (χ4n) is 2.40. The molecule has 8 heteroatoms. The minimum atomic E-state index is -0.952. The summed E-state index contributed by atoms with van der Waals surface area (Å²) in [6.07, 6.45) is 0.450. The van der Waals surface area contributed by atoms with Crippen molar-refractivity contribution in [2.75, 3.05) is 19.5 Å². The second-order valence-electron chi connectivity index (χ2n) is 5.73. The van der Waals surface area contributed by atoms with Crippen LogP contribution >= 0.6 is 11.6 Å². The molecule has 0 amide bonds. The normalized spacial score (nSPS) is 12.2. The Morgan fingerprint density at radius 1 is 1.25 bits per heavy atom. The highest BCUT2D eigenvalue weighted by molar-refractivity contribution is 6.28. The van der Waals surface area contributed by atoms with Crippen LogP contribution in [0.5, 0.6) is 11.5 Å². The molecule has 0 saturated carbocycles. The predicted octanol–water partition coefficient (Wildman–Crippen LogP) is 3.21. The fraction of sp³-hybridized carbons (Fsp3) is 0.438. The van der Waals surface area contributed by atoms with E-state index in [9.17, 15) is 9.90 Å². The molecule has 1 aromatic heterocycles. The van der Waals surface area contributed by atoms with Gasteiger partial charge < -0.3 is 19.9 Å². The molecule has 1 unspecified atom stereocenters. The highest BCUT2D eigenvalue weighted by Gasteiger charge is 2.21. The minimum absolute atomic E-state index is 0.0194. The first kappa shape index (κ1) is 18.1. The summed E-state index contributed by atoms with van der Waals surface area (Å²) in [7, 11) is 3.04. The van der Waals surface area contributed by atoms with E-state index in [1.165, 1.54) is 14.2 Å². The lowest BCUT2D eigenvalue weighted by Crippen LogP contribution is -2.31. The number of anilines is 1. The van der Waals surface area contributed by atoms with Gasteiger partial charge in [-0.2, -0.15) is 0 Å². The topological polar surface area (TPSA) is 93.6 Å². The van der Waals surface area contributed by atoms with Gasteiger partial charge in [-0.3, -0.25) is 0 Å². The number of halogens is 1. The van der Waals surface area contributed by atoms with Crippen molar-refractivity contribution in [1.82, 2.24) is 9.97 Å². The summed E-state index contributed by atoms with van der Waals surface area (Å²) in [6.45, 7) is 3.91. The van der Waals surface area contributed by atoms with Crippen LogP contribution in [0.1, 0.15) is 20.3 Å². The first-order valence-electron chi connectivity index (χ1n) is 7.44. The zero-order valence-corrected chi connectivity index (χ0v) is 14.7. The van der Waals surface area contributed by atoms with Gasteiger partial charge >= 0.3 is 5.97 Å². The largest absolute Gasteiger partial charge is 0.493 e. The van der Waals surface area contributed by atoms with Gasteiger partial charge in [0.1, 0.15) is 11.9 Å². The molecule has 0 bridgehead atoms. The number of hydrogen-bond acceptors (Lipinski definition) is 6. The number of carboxylic acid groups (broad SMARTS) is 1. The van der Waals surface area contributed by atoms with Crippen LogP contribution in [0.2, 0.25) is 5.28 Å². The van der Waals surface area contributed by atoms with Crippen LogP contribution in [-0.2, 0) is 4.79 Å². The Morgan fingerprint density at radius 3 is 2.42 bits per heavy atom. The maximum Gasteiger partial charge on any atom is 0.326 e. The van der Waals surface area contributed by atoms with E-state index in [0.717, 1.165) is 0 Å². The van der Waals surface area contributed by atoms with E-state index in [4.69, 9.17) is 21.1 Å². The molecule has 0 radical (unpaired) electrons. The van der Waals surface area contributed by atoms with E-state index in [2.05, 4.69) is 15.3 Å². The number of hydrogen-bond donors (Lipinski definition) is 2. The van der Waals surface area contributed by atoms with Crippen molar-refractivity contribution in [1.29, 1.82) is 0 Å². The Morgan fingerprint density at radius 2 is 1.88 bits per heavy atom. The quantitative estimate of drug-likeness (QED) is 0.738. The Bertz CT molecular complexity index is 752. The summed E-state index contributed by atoms with van der Waals surface area (Å²) < 4.78 is 10.5. The molecule has 2 aromatic rings. The highest BCUT2D eigenvalue weighted by atomic mass is 35.5. The molecular formula is C16H20ClN3O4. The van der Waals surface area contributed by atoms with Gasteiger partial charge in [-0.1, -0.05) is 13.8 Å². The third-order valence-electron chi connectivity index (χ3n) is 3.49. The van der Waals surface area contributed by atoms with Gasteiger partial charge in [-0.15, -0.1) is 0 Å². The second kappa shape index (κ2) is 7.53. The highest BCUT2D eigenvalue weighted by Crippen LogP contribution is 2.34. The van der Waals surface area contributed by atoms with Crippen molar-refractivity contribution in [3.63, 3.8) is 0 Å². The standard InChI is InChI=1S/C16H20ClN3O4/c1-8(2)5-11(15(21)22)18-14-9-6-12(23-3)13(24-4)7-10(9)19-16(17)20-14/h6-8,11H,5H2,1-4H3,(H,21,22)(H,18,19,20). The van der Waals surface area contributed by atoms with Crippen LogP contribution < -0.4 is 14.8 Å². The van der Waals surface area contributed by atoms with Gasteiger partial charge in [-0.05, 0) is 30.0 Å². The lowest BCUT2D eigenvalue weighted by molar-refractivity contribution is -0.138. The fourth-order valence-corrected chi connectivity index (χ4v) is 2.57. The average molecular weight is 354 g/mol. The molecule has 1 aromatic carbocycles. The number of fused-ring (bicyclic) bond motifs is 1. The summed E-state index contributed by atoms with van der Waals surface area (Å²) >= 11 is 5.98. The summed E-state index contributed by atoms with van der Waals surface area (Å²) in [6, 6.07) is 2.58. The maximum absolute atomic E-state index is 11.5. The SMILES string of the molecule is COc1cc2nc(Cl)nc(NC(CC(C)C)C(=O)O)c2cc1OC. The van der Waals surface area contributed by atoms with Crippen molar-refractivity contribution in [3.05, 3.63) is 17.4 Å². The molecule has 1 atom stereocenters. The number of methoxy groups -OCH3 is 2. The van der Waals surface area contributed by atoms with Crippen LogP contribution in [0, 0.1) is 5.92 Å². The smallest absolute Gasteiger partial charge is 0.326 e. The molecule has 0 saturated heterocycles. The van der Waals surface area contributed by atoms with Gasteiger partial charge in [0.25, 0.3) is 0 Å². The second-order valence-corrected chi connectivity index (χ2v) is 6.07. The molecule has 2 rings (SSSR count). The van der Waals surface area contributed by atoms with Gasteiger partial charge in [-0.25, -0.2) is 14.8 Å². The molecule has 0 aliphatic heterocycles. The number of nitrogens with zero attached hydrogens (tertiary/aromatic N) is 2. The summed E-state index contributed by atoms with van der Waals surface area (Å²) in [5, 5.41) is 13.0. The lowest BCUT2D eigenvalue weighted by Gasteiger charge is -2.18. The van der Waals surface area contributed by atoms with Gasteiger partial charge in [0.2, 0.25) is 5.28 Å². The molecule has 24 heavy (non-hydrogen) atoms. The zero-order chi connectivity index (χ0) is 17.9. The molecule has 0 aliphatic rings. The summed E-state index contributed by atoms with van der Waals surface area (Å²) in [4.78, 5) is 19.8. The third-order valence-corrected chi connectivity index (χ3v) is 3.66. The number of aliphatic carboxylic acids is 1. The van der Waals surface area contributed by atoms with E-state index < -0.39 is 12.0 Å². The Labute approximate surface area is 145 Å². The van der Waals surface area contributed by atoms with E-state index >= 15 is 0 Å². The number of rotatable bonds is 7. The Hall–Kier alpha value is -2.28. The predicted molar refractivity (Wildman–Crippen MR) is 92.2 cm³/mol. The van der Waals surface area contributed by atoms with Gasteiger partial charge in [0.05, 0.1) is 19.7 Å². The van der Waals surface area contributed by atoms with Crippen LogP contribution in [0.4, 0.5) is 5.82 Å². The van der Waals surface area contributed by atoms with Gasteiger partial charge in [0, 0.05) is 11.5 Å². The molecule has 7 nitrogen and oxygen atoms in total. The first-order chi connectivity index (χ1) is 11.3. The number of carbonyl (C=O) groups is 1. The molecule has 0 fully saturated rings. The summed E-state index contributed by atoms with van der Waals surface area (Å²) in [5.41, 5.74) is 0.531.